The summed E-state index contributed by atoms with van der Waals surface area (Å²) in [6.45, 7) is 6.33. The summed E-state index contributed by atoms with van der Waals surface area (Å²) in [5.41, 5.74) is 1.25. The van der Waals surface area contributed by atoms with Gasteiger partial charge in [-0.3, -0.25) is 4.90 Å². The molecule has 1 aliphatic heterocycles. The number of para-hydroxylation sites is 1. The molecule has 0 aliphatic carbocycles. The zero-order chi connectivity index (χ0) is 17.0. The van der Waals surface area contributed by atoms with Crippen molar-refractivity contribution in [1.29, 1.82) is 0 Å². The third-order valence-electron chi connectivity index (χ3n) is 4.39. The number of nitrogens with one attached hydrogen (secondary N) is 1. The smallest absolute Gasteiger partial charge is 0.250 e. The van der Waals surface area contributed by atoms with Crippen molar-refractivity contribution < 1.29 is 8.42 Å². The van der Waals surface area contributed by atoms with Gasteiger partial charge in [0.25, 0.3) is 0 Å². The summed E-state index contributed by atoms with van der Waals surface area (Å²) < 4.78 is 27.5. The van der Waals surface area contributed by atoms with Crippen LogP contribution in [0, 0.1) is 0 Å². The van der Waals surface area contributed by atoms with Gasteiger partial charge in [0.05, 0.1) is 0 Å². The van der Waals surface area contributed by atoms with Gasteiger partial charge in [-0.1, -0.05) is 24.3 Å². The molecule has 2 heterocycles. The second-order valence-corrected chi connectivity index (χ2v) is 8.93. The maximum Gasteiger partial charge on any atom is 0.250 e. The Bertz CT molecular complexity index is 724. The lowest BCUT2D eigenvalue weighted by molar-refractivity contribution is 0.198. The van der Waals surface area contributed by atoms with Crippen LogP contribution >= 0.6 is 11.3 Å². The van der Waals surface area contributed by atoms with Crippen LogP contribution in [0.1, 0.15) is 6.92 Å². The first kappa shape index (κ1) is 17.4. The number of anilines is 1. The maximum atomic E-state index is 12.2. The summed E-state index contributed by atoms with van der Waals surface area (Å²) in [5, 5.41) is 1.78. The third-order valence-corrected chi connectivity index (χ3v) is 7.21. The van der Waals surface area contributed by atoms with Crippen LogP contribution in [0.15, 0.2) is 52.1 Å². The minimum Gasteiger partial charge on any atom is -0.369 e. The van der Waals surface area contributed by atoms with Gasteiger partial charge < -0.3 is 4.90 Å². The topological polar surface area (TPSA) is 52.7 Å². The first-order chi connectivity index (χ1) is 11.6. The van der Waals surface area contributed by atoms with E-state index in [0.29, 0.717) is 10.8 Å². The zero-order valence-electron chi connectivity index (χ0n) is 13.8. The average Bonchev–Trinajstić information content (AvgIpc) is 3.16. The molecule has 0 radical (unpaired) electrons. The second kappa shape index (κ2) is 7.65. The molecule has 5 nitrogen and oxygen atoms in total. The number of nitrogens with zero attached hydrogens (tertiary/aromatic N) is 2. The molecule has 1 unspecified atom stereocenters. The molecule has 0 amide bonds. The molecule has 0 saturated carbocycles. The lowest BCUT2D eigenvalue weighted by Gasteiger charge is -2.39. The Labute approximate surface area is 148 Å². The lowest BCUT2D eigenvalue weighted by atomic mass is 10.2. The van der Waals surface area contributed by atoms with Gasteiger partial charge in [0.2, 0.25) is 10.0 Å². The SMILES string of the molecule is CC(CNS(=O)(=O)c1cccs1)N1CCN(c2ccccc2)CC1. The van der Waals surface area contributed by atoms with Crippen LogP contribution in [0.2, 0.25) is 0 Å². The van der Waals surface area contributed by atoms with Crippen LogP contribution < -0.4 is 9.62 Å². The highest BCUT2D eigenvalue weighted by Crippen LogP contribution is 2.18. The van der Waals surface area contributed by atoms with E-state index in [1.54, 1.807) is 17.5 Å². The Morgan fingerprint density at radius 1 is 1.08 bits per heavy atom. The molecule has 1 N–H and O–H groups in total. The van der Waals surface area contributed by atoms with E-state index in [0.717, 1.165) is 26.2 Å². The van der Waals surface area contributed by atoms with Crippen LogP contribution in [-0.2, 0) is 10.0 Å². The summed E-state index contributed by atoms with van der Waals surface area (Å²) in [7, 11) is -3.37. The van der Waals surface area contributed by atoms with Crippen LogP contribution in [0.25, 0.3) is 0 Å². The summed E-state index contributed by atoms with van der Waals surface area (Å²) in [6, 6.07) is 14.0. The minimum absolute atomic E-state index is 0.178. The Balaban J connectivity index is 1.50. The number of thiophene rings is 1. The first-order valence-electron chi connectivity index (χ1n) is 8.13. The van der Waals surface area contributed by atoms with Gasteiger partial charge in [0.1, 0.15) is 4.21 Å². The average molecular weight is 366 g/mol. The standard InChI is InChI=1S/C17H23N3O2S2/c1-15(14-18-24(21,22)17-8-5-13-23-17)19-9-11-20(12-10-19)16-6-3-2-4-7-16/h2-8,13,15,18H,9-12,14H2,1H3. The van der Waals surface area contributed by atoms with Crippen molar-refractivity contribution in [3.8, 4) is 0 Å². The molecule has 7 heteroatoms. The fourth-order valence-corrected chi connectivity index (χ4v) is 5.07. The molecule has 1 aromatic heterocycles. The normalized spacial score (nSPS) is 17.8. The minimum atomic E-state index is -3.37. The monoisotopic (exact) mass is 365 g/mol. The van der Waals surface area contributed by atoms with Crippen molar-refractivity contribution in [2.24, 2.45) is 0 Å². The van der Waals surface area contributed by atoms with Crippen LogP contribution in [0.3, 0.4) is 0 Å². The number of hydrogen-bond donors (Lipinski definition) is 1. The van der Waals surface area contributed by atoms with Gasteiger partial charge in [-0.2, -0.15) is 0 Å². The number of sulfonamides is 1. The van der Waals surface area contributed by atoms with E-state index in [2.05, 4.69) is 45.7 Å². The predicted molar refractivity (Wildman–Crippen MR) is 99.2 cm³/mol. The molecule has 130 valence electrons. The van der Waals surface area contributed by atoms with Gasteiger partial charge in [0, 0.05) is 44.5 Å². The molecular weight excluding hydrogens is 342 g/mol. The highest BCUT2D eigenvalue weighted by molar-refractivity contribution is 7.91. The van der Waals surface area contributed by atoms with E-state index in [9.17, 15) is 8.42 Å². The van der Waals surface area contributed by atoms with Gasteiger partial charge in [-0.15, -0.1) is 11.3 Å². The van der Waals surface area contributed by atoms with E-state index >= 15 is 0 Å². The maximum absolute atomic E-state index is 12.2. The molecule has 2 aromatic rings. The van der Waals surface area contributed by atoms with Gasteiger partial charge in [-0.25, -0.2) is 13.1 Å². The second-order valence-electron chi connectivity index (χ2n) is 5.99. The number of rotatable bonds is 6. The van der Waals surface area contributed by atoms with Crippen LogP contribution in [-0.4, -0.2) is 52.1 Å². The zero-order valence-corrected chi connectivity index (χ0v) is 15.4. The van der Waals surface area contributed by atoms with Crippen molar-refractivity contribution in [2.45, 2.75) is 17.2 Å². The quantitative estimate of drug-likeness (QED) is 0.853. The Morgan fingerprint density at radius 2 is 1.79 bits per heavy atom. The molecule has 3 rings (SSSR count). The van der Waals surface area contributed by atoms with Crippen molar-refractivity contribution in [3.63, 3.8) is 0 Å². The summed E-state index contributed by atoms with van der Waals surface area (Å²) >= 11 is 1.24. The fourth-order valence-electron chi connectivity index (χ4n) is 2.91. The molecule has 1 saturated heterocycles. The summed E-state index contributed by atoms with van der Waals surface area (Å²) in [5.74, 6) is 0. The highest BCUT2D eigenvalue weighted by atomic mass is 32.2. The first-order valence-corrected chi connectivity index (χ1v) is 10.5. The van der Waals surface area contributed by atoms with E-state index in [1.165, 1.54) is 17.0 Å². The number of hydrogen-bond acceptors (Lipinski definition) is 5. The summed E-state index contributed by atoms with van der Waals surface area (Å²) in [6.07, 6.45) is 0. The van der Waals surface area contributed by atoms with Crippen molar-refractivity contribution >= 4 is 27.0 Å². The molecular formula is C17H23N3O2S2. The third kappa shape index (κ3) is 4.16. The van der Waals surface area contributed by atoms with Crippen molar-refractivity contribution in [2.75, 3.05) is 37.6 Å². The van der Waals surface area contributed by atoms with Gasteiger partial charge >= 0.3 is 0 Å². The fraction of sp³-hybridized carbons (Fsp3) is 0.412. The molecule has 24 heavy (non-hydrogen) atoms. The van der Waals surface area contributed by atoms with Crippen LogP contribution in [0.5, 0.6) is 0 Å². The Hall–Kier alpha value is -1.41. The van der Waals surface area contributed by atoms with E-state index in [4.69, 9.17) is 0 Å². The van der Waals surface area contributed by atoms with Gasteiger partial charge in [0.15, 0.2) is 0 Å². The van der Waals surface area contributed by atoms with Crippen LogP contribution in [0.4, 0.5) is 5.69 Å². The molecule has 1 atom stereocenters. The molecule has 1 fully saturated rings. The van der Waals surface area contributed by atoms with Gasteiger partial charge in [-0.05, 0) is 30.5 Å². The molecule has 0 bridgehead atoms. The van der Waals surface area contributed by atoms with Crippen molar-refractivity contribution in [3.05, 3.63) is 47.8 Å². The lowest BCUT2D eigenvalue weighted by Crippen LogP contribution is -2.52. The Kier molecular flexibility index (Phi) is 5.55. The molecule has 1 aromatic carbocycles. The highest BCUT2D eigenvalue weighted by Gasteiger charge is 2.23. The number of piperazine rings is 1. The summed E-state index contributed by atoms with van der Waals surface area (Å²) in [4.78, 5) is 4.72. The predicted octanol–water partition coefficient (Wildman–Crippen LogP) is 2.24. The van der Waals surface area contributed by atoms with E-state index < -0.39 is 10.0 Å². The van der Waals surface area contributed by atoms with E-state index in [-0.39, 0.29) is 6.04 Å². The van der Waals surface area contributed by atoms with Crippen molar-refractivity contribution in [1.82, 2.24) is 9.62 Å². The Morgan fingerprint density at radius 3 is 2.42 bits per heavy atom. The number of benzene rings is 1. The molecule has 0 spiro atoms. The largest absolute Gasteiger partial charge is 0.369 e. The molecule has 1 aliphatic rings. The van der Waals surface area contributed by atoms with E-state index in [1.807, 2.05) is 6.07 Å².